The van der Waals surface area contributed by atoms with Gasteiger partial charge in [-0.1, -0.05) is 20.8 Å². The Kier molecular flexibility index (Phi) is 3.61. The number of carbonyl (C=O) groups is 2. The summed E-state index contributed by atoms with van der Waals surface area (Å²) in [4.78, 5) is 32.8. The predicted molar refractivity (Wildman–Crippen MR) is 92.1 cm³/mol. The van der Waals surface area contributed by atoms with Crippen molar-refractivity contribution in [1.29, 1.82) is 0 Å². The minimum Gasteiger partial charge on any atom is -0.480 e. The number of aliphatic carboxylic acids is 1. The lowest BCUT2D eigenvalue weighted by molar-refractivity contribution is -0.142. The summed E-state index contributed by atoms with van der Waals surface area (Å²) >= 11 is 0. The smallest absolute Gasteiger partial charge is 0.326 e. The van der Waals surface area contributed by atoms with Crippen LogP contribution in [-0.4, -0.2) is 42.8 Å². The predicted octanol–water partition coefficient (Wildman–Crippen LogP) is 1.55. The van der Waals surface area contributed by atoms with Crippen molar-refractivity contribution in [2.75, 3.05) is 0 Å². The quantitative estimate of drug-likeness (QED) is 0.861. The minimum atomic E-state index is -1.06. The summed E-state index contributed by atoms with van der Waals surface area (Å²) in [7, 11) is 0. The van der Waals surface area contributed by atoms with E-state index >= 15 is 0 Å². The molecule has 0 radical (unpaired) electrons. The van der Waals surface area contributed by atoms with Gasteiger partial charge < -0.3 is 10.4 Å². The molecule has 3 atom stereocenters. The molecule has 2 aromatic heterocycles. The van der Waals surface area contributed by atoms with E-state index in [2.05, 4.69) is 20.4 Å². The van der Waals surface area contributed by atoms with Gasteiger partial charge in [-0.15, -0.1) is 0 Å². The molecular weight excluding hydrogens is 334 g/mol. The third kappa shape index (κ3) is 2.65. The summed E-state index contributed by atoms with van der Waals surface area (Å²) in [6, 6.07) is -0.997. The molecule has 1 amide bonds. The first kappa shape index (κ1) is 16.7. The lowest BCUT2D eigenvalue weighted by Gasteiger charge is -2.27. The standard InChI is InChI=1S/C18H21N5O3/c1-18(2,3)15(17(25)26)21-16(24)13-11-7-9-6-10(9)14(11)23(22-13)12-8-19-4-5-20-12/h4-5,8-10,15H,6-7H2,1-3H3,(H,21,24)(H,25,26)/t9-,10-,15-/m1/s1. The molecule has 2 N–H and O–H groups in total. The number of amides is 1. The Morgan fingerprint density at radius 2 is 2.12 bits per heavy atom. The van der Waals surface area contributed by atoms with Crippen LogP contribution in [0, 0.1) is 11.3 Å². The van der Waals surface area contributed by atoms with Gasteiger partial charge in [0.2, 0.25) is 0 Å². The van der Waals surface area contributed by atoms with Crippen LogP contribution in [0.4, 0.5) is 0 Å². The van der Waals surface area contributed by atoms with Crippen LogP contribution in [0.15, 0.2) is 18.6 Å². The van der Waals surface area contributed by atoms with E-state index in [4.69, 9.17) is 0 Å². The van der Waals surface area contributed by atoms with Crippen LogP contribution in [0.25, 0.3) is 5.82 Å². The second kappa shape index (κ2) is 5.62. The number of aromatic nitrogens is 4. The SMILES string of the molecule is CC(C)(C)[C@H](NC(=O)c1nn(-c2cnccn2)c2c1C[C@H]1C[C@@H]21)C(=O)O. The second-order valence-electron chi connectivity index (χ2n) is 8.10. The lowest BCUT2D eigenvalue weighted by atomic mass is 9.86. The molecule has 8 heteroatoms. The first-order valence-corrected chi connectivity index (χ1v) is 8.69. The number of carboxylic acids is 1. The van der Waals surface area contributed by atoms with Gasteiger partial charge in [-0.05, 0) is 24.2 Å². The molecule has 2 aliphatic rings. The third-order valence-electron chi connectivity index (χ3n) is 5.13. The van der Waals surface area contributed by atoms with Gasteiger partial charge in [-0.3, -0.25) is 9.78 Å². The average Bonchev–Trinajstić information content (AvgIpc) is 3.08. The molecule has 1 saturated carbocycles. The van der Waals surface area contributed by atoms with Crippen molar-refractivity contribution < 1.29 is 14.7 Å². The largest absolute Gasteiger partial charge is 0.480 e. The zero-order chi connectivity index (χ0) is 18.6. The number of fused-ring (bicyclic) bond motifs is 3. The van der Waals surface area contributed by atoms with Gasteiger partial charge in [0.1, 0.15) is 6.04 Å². The van der Waals surface area contributed by atoms with Crippen LogP contribution < -0.4 is 5.32 Å². The monoisotopic (exact) mass is 355 g/mol. The van der Waals surface area contributed by atoms with Crippen LogP contribution in [0.2, 0.25) is 0 Å². The maximum atomic E-state index is 12.8. The summed E-state index contributed by atoms with van der Waals surface area (Å²) in [6.45, 7) is 5.34. The van der Waals surface area contributed by atoms with Crippen molar-refractivity contribution in [2.24, 2.45) is 11.3 Å². The number of nitrogens with one attached hydrogen (secondary N) is 1. The maximum Gasteiger partial charge on any atom is 0.326 e. The van der Waals surface area contributed by atoms with Crippen LogP contribution in [0.1, 0.15) is 54.9 Å². The van der Waals surface area contributed by atoms with Gasteiger partial charge >= 0.3 is 5.97 Å². The van der Waals surface area contributed by atoms with E-state index in [9.17, 15) is 14.7 Å². The Bertz CT molecular complexity index is 884. The topological polar surface area (TPSA) is 110 Å². The van der Waals surface area contributed by atoms with Gasteiger partial charge in [-0.25, -0.2) is 14.5 Å². The number of nitrogens with zero attached hydrogens (tertiary/aromatic N) is 4. The van der Waals surface area contributed by atoms with E-state index < -0.39 is 23.3 Å². The van der Waals surface area contributed by atoms with Gasteiger partial charge in [0.05, 0.1) is 11.9 Å². The highest BCUT2D eigenvalue weighted by Gasteiger charge is 2.50. The zero-order valence-corrected chi connectivity index (χ0v) is 14.9. The van der Waals surface area contributed by atoms with Crippen molar-refractivity contribution in [3.05, 3.63) is 35.5 Å². The van der Waals surface area contributed by atoms with Gasteiger partial charge in [0.15, 0.2) is 11.5 Å². The van der Waals surface area contributed by atoms with Crippen molar-refractivity contribution in [2.45, 2.75) is 45.6 Å². The number of rotatable bonds is 4. The molecule has 0 saturated heterocycles. The van der Waals surface area contributed by atoms with E-state index in [0.717, 1.165) is 24.1 Å². The fourth-order valence-corrected chi connectivity index (χ4v) is 3.72. The normalized spacial score (nSPS) is 21.7. The summed E-state index contributed by atoms with van der Waals surface area (Å²) < 4.78 is 1.70. The van der Waals surface area contributed by atoms with Gasteiger partial charge in [0, 0.05) is 23.9 Å². The van der Waals surface area contributed by atoms with Gasteiger partial charge in [-0.2, -0.15) is 5.10 Å². The van der Waals surface area contributed by atoms with Crippen LogP contribution in [0.5, 0.6) is 0 Å². The number of carboxylic acid groups (broad SMARTS) is 1. The fourth-order valence-electron chi connectivity index (χ4n) is 3.72. The highest BCUT2D eigenvalue weighted by molar-refractivity contribution is 5.97. The second-order valence-corrected chi connectivity index (χ2v) is 8.10. The fraction of sp³-hybridized carbons (Fsp3) is 0.500. The van der Waals surface area contributed by atoms with Crippen molar-refractivity contribution in [3.63, 3.8) is 0 Å². The minimum absolute atomic E-state index is 0.299. The Hall–Kier alpha value is -2.77. The highest BCUT2D eigenvalue weighted by atomic mass is 16.4. The average molecular weight is 355 g/mol. The third-order valence-corrected chi connectivity index (χ3v) is 5.13. The molecule has 0 spiro atoms. The molecule has 4 rings (SSSR count). The molecule has 1 fully saturated rings. The Balaban J connectivity index is 1.71. The molecule has 0 bridgehead atoms. The Morgan fingerprint density at radius 1 is 1.35 bits per heavy atom. The molecule has 2 heterocycles. The Morgan fingerprint density at radius 3 is 2.73 bits per heavy atom. The van der Waals surface area contributed by atoms with E-state index in [1.54, 1.807) is 44.0 Å². The molecule has 2 aliphatic carbocycles. The summed E-state index contributed by atoms with van der Waals surface area (Å²) in [5.41, 5.74) is 1.62. The van der Waals surface area contributed by atoms with Crippen molar-refractivity contribution in [1.82, 2.24) is 25.1 Å². The summed E-state index contributed by atoms with van der Waals surface area (Å²) in [5, 5.41) is 16.6. The molecule has 8 nitrogen and oxygen atoms in total. The first-order valence-electron chi connectivity index (χ1n) is 8.69. The zero-order valence-electron chi connectivity index (χ0n) is 14.9. The first-order chi connectivity index (χ1) is 12.3. The van der Waals surface area contributed by atoms with E-state index in [-0.39, 0.29) is 0 Å². The molecular formula is C18H21N5O3. The lowest BCUT2D eigenvalue weighted by Crippen LogP contribution is -2.49. The van der Waals surface area contributed by atoms with E-state index in [0.29, 0.717) is 23.3 Å². The van der Waals surface area contributed by atoms with Gasteiger partial charge in [0.25, 0.3) is 5.91 Å². The van der Waals surface area contributed by atoms with Crippen LogP contribution in [-0.2, 0) is 11.2 Å². The molecule has 0 aliphatic heterocycles. The van der Waals surface area contributed by atoms with Crippen LogP contribution in [0.3, 0.4) is 0 Å². The number of hydrogen-bond donors (Lipinski definition) is 2. The van der Waals surface area contributed by atoms with E-state index in [1.165, 1.54) is 0 Å². The molecule has 2 aromatic rings. The van der Waals surface area contributed by atoms with Crippen molar-refractivity contribution >= 4 is 11.9 Å². The van der Waals surface area contributed by atoms with Crippen LogP contribution >= 0.6 is 0 Å². The van der Waals surface area contributed by atoms with E-state index in [1.807, 2.05) is 0 Å². The molecule has 136 valence electrons. The van der Waals surface area contributed by atoms with Crippen molar-refractivity contribution in [3.8, 4) is 5.82 Å². The highest BCUT2D eigenvalue weighted by Crippen LogP contribution is 2.57. The summed E-state index contributed by atoms with van der Waals surface area (Å²) in [6.07, 6.45) is 6.68. The maximum absolute atomic E-state index is 12.8. The molecule has 26 heavy (non-hydrogen) atoms. The summed E-state index contributed by atoms with van der Waals surface area (Å²) in [5.74, 6) is 0.0153. The molecule has 0 unspecified atom stereocenters. The Labute approximate surface area is 150 Å². The number of carbonyl (C=O) groups excluding carboxylic acids is 1. The number of hydrogen-bond acceptors (Lipinski definition) is 5. The molecule has 0 aromatic carbocycles.